The Morgan fingerprint density at radius 3 is 2.65 bits per heavy atom. The standard InChI is InChI=1S/C11H11N5O4/c17-9(12-6-10(18)19)5-13-11(20)16-8-4-2-1-3-7(8)14-15-16/h1-4H,5-6H2,(H,12,17)(H,13,20)(H,18,19). The largest absolute Gasteiger partial charge is 0.480 e. The fourth-order valence-corrected chi connectivity index (χ4v) is 1.49. The second-order valence-corrected chi connectivity index (χ2v) is 3.82. The van der Waals surface area contributed by atoms with Crippen molar-refractivity contribution in [3.05, 3.63) is 24.3 Å². The zero-order valence-corrected chi connectivity index (χ0v) is 10.2. The van der Waals surface area contributed by atoms with Crippen molar-refractivity contribution in [1.82, 2.24) is 25.6 Å². The summed E-state index contributed by atoms with van der Waals surface area (Å²) >= 11 is 0. The number of aliphatic carboxylic acids is 1. The molecule has 0 spiro atoms. The summed E-state index contributed by atoms with van der Waals surface area (Å²) in [6.07, 6.45) is 0. The number of hydrogen-bond acceptors (Lipinski definition) is 5. The van der Waals surface area contributed by atoms with Crippen molar-refractivity contribution in [1.29, 1.82) is 0 Å². The maximum absolute atomic E-state index is 11.8. The molecule has 3 N–H and O–H groups in total. The molecule has 9 nitrogen and oxygen atoms in total. The molecule has 9 heteroatoms. The molecular formula is C11H11N5O4. The SMILES string of the molecule is O=C(O)CNC(=O)CNC(=O)n1nnc2ccccc21. The van der Waals surface area contributed by atoms with Gasteiger partial charge in [-0.25, -0.2) is 4.79 Å². The molecule has 0 saturated carbocycles. The van der Waals surface area contributed by atoms with E-state index in [1.54, 1.807) is 24.3 Å². The van der Waals surface area contributed by atoms with Crippen molar-refractivity contribution in [2.45, 2.75) is 0 Å². The predicted molar refractivity (Wildman–Crippen MR) is 67.0 cm³/mol. The molecule has 2 amide bonds. The lowest BCUT2D eigenvalue weighted by Gasteiger charge is -2.05. The minimum atomic E-state index is -1.16. The Hall–Kier alpha value is -2.97. The molecule has 1 heterocycles. The summed E-state index contributed by atoms with van der Waals surface area (Å²) in [4.78, 5) is 33.3. The molecule has 0 atom stereocenters. The average molecular weight is 277 g/mol. The van der Waals surface area contributed by atoms with Gasteiger partial charge in [-0.3, -0.25) is 9.59 Å². The van der Waals surface area contributed by atoms with Crippen LogP contribution in [0, 0.1) is 0 Å². The number of benzene rings is 1. The highest BCUT2D eigenvalue weighted by atomic mass is 16.4. The first-order valence-electron chi connectivity index (χ1n) is 5.65. The van der Waals surface area contributed by atoms with Crippen LogP contribution in [0.15, 0.2) is 24.3 Å². The second-order valence-electron chi connectivity index (χ2n) is 3.82. The minimum Gasteiger partial charge on any atom is -0.480 e. The van der Waals surface area contributed by atoms with E-state index >= 15 is 0 Å². The van der Waals surface area contributed by atoms with Gasteiger partial charge in [0, 0.05) is 0 Å². The van der Waals surface area contributed by atoms with Gasteiger partial charge in [0.2, 0.25) is 5.91 Å². The molecule has 0 bridgehead atoms. The van der Waals surface area contributed by atoms with Gasteiger partial charge in [0.05, 0.1) is 12.1 Å². The van der Waals surface area contributed by atoms with E-state index in [4.69, 9.17) is 5.11 Å². The highest BCUT2D eigenvalue weighted by Gasteiger charge is 2.12. The summed E-state index contributed by atoms with van der Waals surface area (Å²) in [5, 5.41) is 20.3. The van der Waals surface area contributed by atoms with Crippen LogP contribution in [0.2, 0.25) is 0 Å². The lowest BCUT2D eigenvalue weighted by molar-refractivity contribution is -0.137. The molecule has 2 rings (SSSR count). The van der Waals surface area contributed by atoms with E-state index in [0.29, 0.717) is 11.0 Å². The Labute approximate surface area is 112 Å². The number of aromatic nitrogens is 3. The quantitative estimate of drug-likeness (QED) is 0.671. The van der Waals surface area contributed by atoms with E-state index in [9.17, 15) is 14.4 Å². The summed E-state index contributed by atoms with van der Waals surface area (Å²) in [7, 11) is 0. The second kappa shape index (κ2) is 5.78. The summed E-state index contributed by atoms with van der Waals surface area (Å²) < 4.78 is 1.03. The van der Waals surface area contributed by atoms with Gasteiger partial charge in [-0.2, -0.15) is 4.68 Å². The molecule has 20 heavy (non-hydrogen) atoms. The van der Waals surface area contributed by atoms with E-state index in [2.05, 4.69) is 20.9 Å². The van der Waals surface area contributed by atoms with Crippen molar-refractivity contribution >= 4 is 28.9 Å². The van der Waals surface area contributed by atoms with Gasteiger partial charge in [0.1, 0.15) is 12.1 Å². The molecule has 0 radical (unpaired) electrons. The predicted octanol–water partition coefficient (Wildman–Crippen LogP) is -0.810. The number of hydrogen-bond donors (Lipinski definition) is 3. The molecule has 2 aromatic rings. The average Bonchev–Trinajstić information content (AvgIpc) is 2.86. The third-order valence-corrected chi connectivity index (χ3v) is 2.38. The van der Waals surface area contributed by atoms with Gasteiger partial charge in [0.25, 0.3) is 0 Å². The number of carbonyl (C=O) groups excluding carboxylic acids is 2. The van der Waals surface area contributed by atoms with Crippen LogP contribution in [0.3, 0.4) is 0 Å². The molecule has 104 valence electrons. The Balaban J connectivity index is 1.95. The van der Waals surface area contributed by atoms with Crippen LogP contribution in [-0.2, 0) is 9.59 Å². The van der Waals surface area contributed by atoms with Gasteiger partial charge in [0.15, 0.2) is 0 Å². The molecule has 0 unspecified atom stereocenters. The number of carbonyl (C=O) groups is 3. The number of carboxylic acid groups (broad SMARTS) is 1. The molecule has 0 aliphatic heterocycles. The molecule has 1 aromatic heterocycles. The van der Waals surface area contributed by atoms with Crippen molar-refractivity contribution < 1.29 is 19.5 Å². The molecule has 0 saturated heterocycles. The first-order valence-corrected chi connectivity index (χ1v) is 5.65. The van der Waals surface area contributed by atoms with Crippen molar-refractivity contribution in [3.63, 3.8) is 0 Å². The van der Waals surface area contributed by atoms with Crippen molar-refractivity contribution in [3.8, 4) is 0 Å². The Kier molecular flexibility index (Phi) is 3.89. The van der Waals surface area contributed by atoms with Crippen LogP contribution in [-0.4, -0.2) is 51.1 Å². The van der Waals surface area contributed by atoms with Gasteiger partial charge < -0.3 is 15.7 Å². The van der Waals surface area contributed by atoms with Crippen LogP contribution in [0.1, 0.15) is 0 Å². The molecule has 1 aromatic carbocycles. The smallest absolute Gasteiger partial charge is 0.344 e. The normalized spacial score (nSPS) is 10.2. The zero-order chi connectivity index (χ0) is 14.5. The van der Waals surface area contributed by atoms with Gasteiger partial charge >= 0.3 is 12.0 Å². The summed E-state index contributed by atoms with van der Waals surface area (Å²) in [6, 6.07) is 6.24. The maximum Gasteiger partial charge on any atom is 0.344 e. The number of amides is 2. The molecular weight excluding hydrogens is 266 g/mol. The summed E-state index contributed by atoms with van der Waals surface area (Å²) in [6.45, 7) is -0.846. The highest BCUT2D eigenvalue weighted by molar-refractivity contribution is 5.90. The monoisotopic (exact) mass is 277 g/mol. The Morgan fingerprint density at radius 1 is 1.15 bits per heavy atom. The van der Waals surface area contributed by atoms with E-state index in [0.717, 1.165) is 4.68 Å². The van der Waals surface area contributed by atoms with Gasteiger partial charge in [-0.1, -0.05) is 17.3 Å². The lowest BCUT2D eigenvalue weighted by Crippen LogP contribution is -2.40. The number of rotatable bonds is 4. The van der Waals surface area contributed by atoms with E-state index in [1.807, 2.05) is 0 Å². The van der Waals surface area contributed by atoms with Crippen LogP contribution in [0.5, 0.6) is 0 Å². The lowest BCUT2D eigenvalue weighted by atomic mass is 10.3. The number of nitrogens with zero attached hydrogens (tertiary/aromatic N) is 3. The fraction of sp³-hybridized carbons (Fsp3) is 0.182. The van der Waals surface area contributed by atoms with Crippen LogP contribution in [0.4, 0.5) is 4.79 Å². The first kappa shape index (κ1) is 13.5. The third kappa shape index (κ3) is 3.07. The third-order valence-electron chi connectivity index (χ3n) is 2.38. The van der Waals surface area contributed by atoms with Crippen molar-refractivity contribution in [2.75, 3.05) is 13.1 Å². The number of fused-ring (bicyclic) bond motifs is 1. The number of para-hydroxylation sites is 1. The van der Waals surface area contributed by atoms with Gasteiger partial charge in [-0.15, -0.1) is 5.10 Å². The first-order chi connectivity index (χ1) is 9.58. The number of carboxylic acids is 1. The van der Waals surface area contributed by atoms with Crippen LogP contribution in [0.25, 0.3) is 11.0 Å². The highest BCUT2D eigenvalue weighted by Crippen LogP contribution is 2.08. The van der Waals surface area contributed by atoms with E-state index in [1.165, 1.54) is 0 Å². The summed E-state index contributed by atoms with van der Waals surface area (Å²) in [5.74, 6) is -1.77. The molecule has 0 aliphatic carbocycles. The molecule has 0 fully saturated rings. The molecule has 0 aliphatic rings. The maximum atomic E-state index is 11.8. The minimum absolute atomic E-state index is 0.347. The Morgan fingerprint density at radius 2 is 1.90 bits per heavy atom. The zero-order valence-electron chi connectivity index (χ0n) is 10.2. The Bertz CT molecular complexity index is 666. The van der Waals surface area contributed by atoms with Crippen molar-refractivity contribution in [2.24, 2.45) is 0 Å². The topological polar surface area (TPSA) is 126 Å². The van der Waals surface area contributed by atoms with Crippen LogP contribution < -0.4 is 10.6 Å². The summed E-state index contributed by atoms with van der Waals surface area (Å²) in [5.41, 5.74) is 1.06. The fourth-order valence-electron chi connectivity index (χ4n) is 1.49. The van der Waals surface area contributed by atoms with E-state index in [-0.39, 0.29) is 6.54 Å². The van der Waals surface area contributed by atoms with Crippen LogP contribution >= 0.6 is 0 Å². The van der Waals surface area contributed by atoms with E-state index < -0.39 is 24.5 Å². The number of nitrogens with one attached hydrogen (secondary N) is 2. The van der Waals surface area contributed by atoms with Gasteiger partial charge in [-0.05, 0) is 12.1 Å².